The van der Waals surface area contributed by atoms with Gasteiger partial charge in [0.15, 0.2) is 0 Å². The van der Waals surface area contributed by atoms with Crippen LogP contribution in [-0.4, -0.2) is 20.6 Å². The summed E-state index contributed by atoms with van der Waals surface area (Å²) in [6.45, 7) is 2.03. The van der Waals surface area contributed by atoms with E-state index < -0.39 is 0 Å². The third-order valence-electron chi connectivity index (χ3n) is 4.54. The lowest BCUT2D eigenvalue weighted by molar-refractivity contribution is -0.116. The maximum Gasteiger partial charge on any atom is 0.299 e. The summed E-state index contributed by atoms with van der Waals surface area (Å²) in [7, 11) is 0. The number of anilines is 1. The molecular weight excluding hydrogens is 392 g/mol. The van der Waals surface area contributed by atoms with Gasteiger partial charge in [-0.3, -0.25) is 14.2 Å². The minimum absolute atomic E-state index is 0.0697. The Hall–Kier alpha value is -3.45. The number of aryl methyl sites for hydroxylation is 2. The molecule has 0 saturated heterocycles. The number of benzene rings is 2. The molecule has 0 aliphatic heterocycles. The topological polar surface area (TPSA) is 90.0 Å². The highest BCUT2D eigenvalue weighted by atomic mass is 35.5. The summed E-state index contributed by atoms with van der Waals surface area (Å²) in [6.07, 6.45) is 1.52. The second-order valence-electron chi connectivity index (χ2n) is 6.58. The van der Waals surface area contributed by atoms with E-state index >= 15 is 0 Å². The quantitative estimate of drug-likeness (QED) is 0.538. The molecule has 0 saturated carbocycles. The van der Waals surface area contributed by atoms with Gasteiger partial charge in [0.1, 0.15) is 11.2 Å². The van der Waals surface area contributed by atoms with Crippen molar-refractivity contribution in [2.75, 3.05) is 5.32 Å². The Morgan fingerprint density at radius 1 is 1.21 bits per heavy atom. The van der Waals surface area contributed by atoms with Gasteiger partial charge >= 0.3 is 0 Å². The molecule has 2 aromatic carbocycles. The van der Waals surface area contributed by atoms with Crippen molar-refractivity contribution in [1.29, 1.82) is 0 Å². The number of nitrogens with one attached hydrogen (secondary N) is 1. The van der Waals surface area contributed by atoms with Crippen molar-refractivity contribution < 1.29 is 9.32 Å². The van der Waals surface area contributed by atoms with Crippen LogP contribution in [0.1, 0.15) is 12.0 Å². The van der Waals surface area contributed by atoms with Crippen molar-refractivity contribution >= 4 is 34.3 Å². The molecule has 0 aliphatic carbocycles. The molecule has 0 spiro atoms. The van der Waals surface area contributed by atoms with Crippen molar-refractivity contribution in [3.05, 3.63) is 75.8 Å². The van der Waals surface area contributed by atoms with Crippen molar-refractivity contribution in [3.63, 3.8) is 0 Å². The van der Waals surface area contributed by atoms with E-state index in [1.807, 2.05) is 37.3 Å². The fourth-order valence-corrected chi connectivity index (χ4v) is 3.23. The molecular formula is C21H17ClN4O3. The van der Waals surface area contributed by atoms with Crippen LogP contribution in [0.5, 0.6) is 0 Å². The molecule has 1 amide bonds. The van der Waals surface area contributed by atoms with Crippen LogP contribution in [0.25, 0.3) is 22.4 Å². The molecule has 0 atom stereocenters. The third kappa shape index (κ3) is 3.90. The molecule has 146 valence electrons. The lowest BCUT2D eigenvalue weighted by Crippen LogP contribution is -2.23. The minimum atomic E-state index is -0.375. The summed E-state index contributed by atoms with van der Waals surface area (Å²) >= 11 is 5.93. The van der Waals surface area contributed by atoms with E-state index in [-0.39, 0.29) is 30.0 Å². The van der Waals surface area contributed by atoms with E-state index in [9.17, 15) is 9.59 Å². The molecule has 0 aliphatic rings. The van der Waals surface area contributed by atoms with E-state index in [0.717, 1.165) is 11.1 Å². The monoisotopic (exact) mass is 408 g/mol. The highest BCUT2D eigenvalue weighted by molar-refractivity contribution is 6.30. The maximum atomic E-state index is 12.7. The van der Waals surface area contributed by atoms with Crippen molar-refractivity contribution in [3.8, 4) is 11.3 Å². The first-order valence-electron chi connectivity index (χ1n) is 8.99. The first kappa shape index (κ1) is 18.9. The number of aromatic nitrogens is 3. The van der Waals surface area contributed by atoms with Crippen LogP contribution in [0.3, 0.4) is 0 Å². The summed E-state index contributed by atoms with van der Waals surface area (Å²) in [5.74, 6) is -0.218. The molecule has 0 unspecified atom stereocenters. The Morgan fingerprint density at radius 3 is 2.76 bits per heavy atom. The molecule has 0 bridgehead atoms. The van der Waals surface area contributed by atoms with E-state index in [4.69, 9.17) is 16.1 Å². The van der Waals surface area contributed by atoms with Gasteiger partial charge in [-0.1, -0.05) is 47.1 Å². The summed E-state index contributed by atoms with van der Waals surface area (Å²) < 4.78 is 6.59. The SMILES string of the molecule is Cc1cc(Cl)ccc1NC(=O)CCn1cnc2c(-c3ccccc3)noc2c1=O. The largest absolute Gasteiger partial charge is 0.348 e. The van der Waals surface area contributed by atoms with Crippen molar-refractivity contribution in [1.82, 2.24) is 14.7 Å². The zero-order valence-corrected chi connectivity index (χ0v) is 16.3. The summed E-state index contributed by atoms with van der Waals surface area (Å²) in [5, 5.41) is 7.42. The second kappa shape index (κ2) is 7.89. The molecule has 29 heavy (non-hydrogen) atoms. The van der Waals surface area contributed by atoms with Gasteiger partial charge in [0.2, 0.25) is 5.91 Å². The summed E-state index contributed by atoms with van der Waals surface area (Å²) in [5.41, 5.74) is 2.97. The average molecular weight is 409 g/mol. The lowest BCUT2D eigenvalue weighted by Gasteiger charge is -2.09. The fraction of sp³-hybridized carbons (Fsp3) is 0.143. The van der Waals surface area contributed by atoms with Gasteiger partial charge in [0.05, 0.1) is 6.33 Å². The Balaban J connectivity index is 1.51. The smallest absolute Gasteiger partial charge is 0.299 e. The normalized spacial score (nSPS) is 11.0. The Kier molecular flexibility index (Phi) is 5.14. The molecule has 4 aromatic rings. The number of rotatable bonds is 5. The van der Waals surface area contributed by atoms with Gasteiger partial charge in [-0.15, -0.1) is 0 Å². The standard InChI is InChI=1S/C21H17ClN4O3/c1-13-11-15(22)7-8-16(13)24-17(27)9-10-26-12-23-19-18(14-5-3-2-4-6-14)25-29-20(19)21(26)28/h2-8,11-12H,9-10H2,1H3,(H,24,27). The Labute approximate surface area is 170 Å². The van der Waals surface area contributed by atoms with Crippen molar-refractivity contribution in [2.24, 2.45) is 0 Å². The van der Waals surface area contributed by atoms with E-state index in [2.05, 4.69) is 15.5 Å². The molecule has 0 fully saturated rings. The van der Waals surface area contributed by atoms with Gasteiger partial charge < -0.3 is 9.84 Å². The number of carbonyl (C=O) groups is 1. The highest BCUT2D eigenvalue weighted by Gasteiger charge is 2.16. The number of nitrogens with zero attached hydrogens (tertiary/aromatic N) is 3. The summed E-state index contributed by atoms with van der Waals surface area (Å²) in [4.78, 5) is 29.3. The lowest BCUT2D eigenvalue weighted by atomic mass is 10.1. The van der Waals surface area contributed by atoms with Crippen LogP contribution >= 0.6 is 11.6 Å². The van der Waals surface area contributed by atoms with Crippen LogP contribution < -0.4 is 10.9 Å². The zero-order valence-electron chi connectivity index (χ0n) is 15.6. The molecule has 8 heteroatoms. The number of carbonyl (C=O) groups excluding carboxylic acids is 1. The van der Waals surface area contributed by atoms with Gasteiger partial charge in [-0.05, 0) is 30.7 Å². The van der Waals surface area contributed by atoms with E-state index in [1.54, 1.807) is 18.2 Å². The molecule has 1 N–H and O–H groups in total. The number of halogens is 1. The van der Waals surface area contributed by atoms with E-state index in [0.29, 0.717) is 21.9 Å². The minimum Gasteiger partial charge on any atom is -0.348 e. The first-order valence-corrected chi connectivity index (χ1v) is 9.37. The zero-order chi connectivity index (χ0) is 20.4. The Morgan fingerprint density at radius 2 is 2.00 bits per heavy atom. The highest BCUT2D eigenvalue weighted by Crippen LogP contribution is 2.24. The number of fused-ring (bicyclic) bond motifs is 1. The fourth-order valence-electron chi connectivity index (χ4n) is 3.00. The van der Waals surface area contributed by atoms with Gasteiger partial charge in [0, 0.05) is 29.2 Å². The maximum absolute atomic E-state index is 12.7. The molecule has 2 aromatic heterocycles. The molecule has 2 heterocycles. The van der Waals surface area contributed by atoms with Crippen LogP contribution in [0, 0.1) is 6.92 Å². The van der Waals surface area contributed by atoms with Crippen LogP contribution in [-0.2, 0) is 11.3 Å². The third-order valence-corrected chi connectivity index (χ3v) is 4.77. The van der Waals surface area contributed by atoms with Gasteiger partial charge in [-0.25, -0.2) is 4.98 Å². The average Bonchev–Trinajstić information content (AvgIpc) is 3.15. The van der Waals surface area contributed by atoms with Crippen LogP contribution in [0.2, 0.25) is 5.02 Å². The Bertz CT molecular complexity index is 1250. The molecule has 0 radical (unpaired) electrons. The summed E-state index contributed by atoms with van der Waals surface area (Å²) in [6, 6.07) is 14.6. The number of hydrogen-bond acceptors (Lipinski definition) is 5. The predicted molar refractivity (Wildman–Crippen MR) is 111 cm³/mol. The second-order valence-corrected chi connectivity index (χ2v) is 7.01. The van der Waals surface area contributed by atoms with Gasteiger partial charge in [0.25, 0.3) is 11.1 Å². The van der Waals surface area contributed by atoms with Crippen LogP contribution in [0.4, 0.5) is 5.69 Å². The first-order chi connectivity index (χ1) is 14.0. The molecule has 7 nitrogen and oxygen atoms in total. The van der Waals surface area contributed by atoms with E-state index in [1.165, 1.54) is 10.9 Å². The van der Waals surface area contributed by atoms with Crippen LogP contribution in [0.15, 0.2) is 64.2 Å². The number of hydrogen-bond donors (Lipinski definition) is 1. The van der Waals surface area contributed by atoms with Gasteiger partial charge in [-0.2, -0.15) is 0 Å². The predicted octanol–water partition coefficient (Wildman–Crippen LogP) is 4.04. The molecule has 4 rings (SSSR count). The number of amides is 1. The van der Waals surface area contributed by atoms with Crippen molar-refractivity contribution in [2.45, 2.75) is 19.9 Å².